The number of pyridine rings is 1. The lowest BCUT2D eigenvalue weighted by Crippen LogP contribution is -2.48. The molecule has 1 aliphatic carbocycles. The Bertz CT molecular complexity index is 876. The second-order valence-electron chi connectivity index (χ2n) is 7.11. The third-order valence-electron chi connectivity index (χ3n) is 5.50. The standard InChI is InChI=1S/C19H23N5O.2ClH/c1-11-5-3-7-15(12(11)2)22-19-23-16(18(25)24-19)9-13-10-21-17-14(13)6-4-8-20-17;;/h4,6,8-12,15H,3,5,7H2,1-2H3,(H,20,21)(H2,22,23,24,25);2*1H. The highest BCUT2D eigenvalue weighted by molar-refractivity contribution is 6.14. The Hall–Kier alpha value is -2.05. The van der Waals surface area contributed by atoms with Crippen LogP contribution in [0.1, 0.15) is 38.7 Å². The summed E-state index contributed by atoms with van der Waals surface area (Å²) in [7, 11) is 0. The first-order chi connectivity index (χ1) is 12.1. The highest BCUT2D eigenvalue weighted by atomic mass is 35.5. The molecule has 3 unspecified atom stereocenters. The lowest BCUT2D eigenvalue weighted by molar-refractivity contribution is -0.115. The Labute approximate surface area is 171 Å². The van der Waals surface area contributed by atoms with E-state index in [1.54, 1.807) is 12.3 Å². The van der Waals surface area contributed by atoms with Crippen LogP contribution in [0.5, 0.6) is 0 Å². The Balaban J connectivity index is 0.00000131. The number of hydrogen-bond acceptors (Lipinski definition) is 4. The SMILES string of the molecule is CC1CCCC(NC2=NC(=Cc3c[nH]c4ncccc34)C(=O)N2)C1C.Cl.Cl. The van der Waals surface area contributed by atoms with Crippen molar-refractivity contribution >= 4 is 53.8 Å². The van der Waals surface area contributed by atoms with E-state index in [0.717, 1.165) is 23.0 Å². The summed E-state index contributed by atoms with van der Waals surface area (Å²) < 4.78 is 0. The normalized spacial score (nSPS) is 26.1. The number of aromatic nitrogens is 2. The fourth-order valence-electron chi connectivity index (χ4n) is 3.74. The molecule has 2 aliphatic rings. The Morgan fingerprint density at radius 3 is 2.89 bits per heavy atom. The average Bonchev–Trinajstić information content (AvgIpc) is 3.16. The number of rotatable bonds is 2. The molecule has 146 valence electrons. The van der Waals surface area contributed by atoms with Crippen LogP contribution < -0.4 is 10.6 Å². The average molecular weight is 410 g/mol. The van der Waals surface area contributed by atoms with E-state index in [0.29, 0.717) is 29.5 Å². The van der Waals surface area contributed by atoms with Gasteiger partial charge in [0.25, 0.3) is 5.91 Å². The second-order valence-corrected chi connectivity index (χ2v) is 7.11. The summed E-state index contributed by atoms with van der Waals surface area (Å²) in [4.78, 5) is 24.1. The molecule has 2 aromatic rings. The van der Waals surface area contributed by atoms with Crippen LogP contribution in [0.25, 0.3) is 17.1 Å². The smallest absolute Gasteiger partial charge is 0.276 e. The summed E-state index contributed by atoms with van der Waals surface area (Å²) >= 11 is 0. The van der Waals surface area contributed by atoms with Crippen molar-refractivity contribution in [3.63, 3.8) is 0 Å². The van der Waals surface area contributed by atoms with E-state index in [1.807, 2.05) is 18.3 Å². The number of halogens is 2. The number of nitrogens with one attached hydrogen (secondary N) is 3. The molecule has 8 heteroatoms. The molecule has 0 radical (unpaired) electrons. The molecule has 0 aromatic carbocycles. The maximum Gasteiger partial charge on any atom is 0.276 e. The van der Waals surface area contributed by atoms with Gasteiger partial charge in [-0.3, -0.25) is 10.1 Å². The zero-order chi connectivity index (χ0) is 17.4. The largest absolute Gasteiger partial charge is 0.353 e. The highest BCUT2D eigenvalue weighted by Gasteiger charge is 2.30. The topological polar surface area (TPSA) is 82.2 Å². The minimum Gasteiger partial charge on any atom is -0.353 e. The maximum absolute atomic E-state index is 12.3. The number of hydrogen-bond donors (Lipinski definition) is 3. The van der Waals surface area contributed by atoms with Crippen LogP contribution in [0.2, 0.25) is 0 Å². The number of amides is 1. The maximum atomic E-state index is 12.3. The number of H-pyrrole nitrogens is 1. The van der Waals surface area contributed by atoms with Crippen molar-refractivity contribution in [2.45, 2.75) is 39.2 Å². The van der Waals surface area contributed by atoms with Crippen LogP contribution in [0.3, 0.4) is 0 Å². The molecule has 0 saturated heterocycles. The fourth-order valence-corrected chi connectivity index (χ4v) is 3.74. The van der Waals surface area contributed by atoms with Gasteiger partial charge in [-0.05, 0) is 36.5 Å². The lowest BCUT2D eigenvalue weighted by atomic mass is 9.78. The van der Waals surface area contributed by atoms with Gasteiger partial charge in [0.15, 0.2) is 0 Å². The number of aliphatic imine (C=N–C) groups is 1. The molecule has 6 nitrogen and oxygen atoms in total. The molecule has 4 rings (SSSR count). The second kappa shape index (κ2) is 8.76. The zero-order valence-electron chi connectivity index (χ0n) is 15.4. The summed E-state index contributed by atoms with van der Waals surface area (Å²) in [5.41, 5.74) is 2.14. The summed E-state index contributed by atoms with van der Waals surface area (Å²) in [6.07, 6.45) is 9.01. The van der Waals surface area contributed by atoms with E-state index < -0.39 is 0 Å². The van der Waals surface area contributed by atoms with E-state index in [2.05, 4.69) is 39.4 Å². The number of aromatic amines is 1. The molecule has 1 aliphatic heterocycles. The molecular formula is C19H25Cl2N5O. The van der Waals surface area contributed by atoms with Gasteiger partial charge in [-0.15, -0.1) is 24.8 Å². The number of guanidine groups is 1. The molecule has 1 saturated carbocycles. The van der Waals surface area contributed by atoms with E-state index in [-0.39, 0.29) is 30.7 Å². The van der Waals surface area contributed by atoms with Gasteiger partial charge in [-0.2, -0.15) is 0 Å². The molecule has 1 amide bonds. The fraction of sp³-hybridized carbons (Fsp3) is 0.421. The van der Waals surface area contributed by atoms with Gasteiger partial charge in [-0.25, -0.2) is 9.98 Å². The molecule has 1 fully saturated rings. The van der Waals surface area contributed by atoms with Crippen LogP contribution in [-0.4, -0.2) is 27.9 Å². The van der Waals surface area contributed by atoms with Gasteiger partial charge in [-0.1, -0.05) is 26.7 Å². The van der Waals surface area contributed by atoms with Crippen LogP contribution in [-0.2, 0) is 4.79 Å². The summed E-state index contributed by atoms with van der Waals surface area (Å²) in [5, 5.41) is 7.27. The Morgan fingerprint density at radius 2 is 2.07 bits per heavy atom. The molecule has 0 spiro atoms. The Kier molecular flexibility index (Phi) is 6.89. The van der Waals surface area contributed by atoms with Crippen LogP contribution >= 0.6 is 24.8 Å². The summed E-state index contributed by atoms with van der Waals surface area (Å²) in [5.74, 6) is 1.66. The van der Waals surface area contributed by atoms with Gasteiger partial charge in [0, 0.05) is 29.4 Å². The third kappa shape index (κ3) is 4.28. The van der Waals surface area contributed by atoms with E-state index in [9.17, 15) is 4.79 Å². The Morgan fingerprint density at radius 1 is 1.26 bits per heavy atom. The molecular weight excluding hydrogens is 385 g/mol. The van der Waals surface area contributed by atoms with Crippen molar-refractivity contribution in [2.75, 3.05) is 0 Å². The van der Waals surface area contributed by atoms with Crippen LogP contribution in [0.4, 0.5) is 0 Å². The predicted octanol–water partition coefficient (Wildman–Crippen LogP) is 3.65. The summed E-state index contributed by atoms with van der Waals surface area (Å²) in [6, 6.07) is 4.22. The number of nitrogens with zero attached hydrogens (tertiary/aromatic N) is 2. The van der Waals surface area contributed by atoms with Crippen LogP contribution in [0.15, 0.2) is 35.2 Å². The van der Waals surface area contributed by atoms with Gasteiger partial charge in [0.05, 0.1) is 0 Å². The predicted molar refractivity (Wildman–Crippen MR) is 113 cm³/mol. The van der Waals surface area contributed by atoms with E-state index >= 15 is 0 Å². The molecule has 3 N–H and O–H groups in total. The van der Waals surface area contributed by atoms with Gasteiger partial charge in [0.1, 0.15) is 11.3 Å². The number of carbonyl (C=O) groups excluding carboxylic acids is 1. The third-order valence-corrected chi connectivity index (χ3v) is 5.50. The summed E-state index contributed by atoms with van der Waals surface area (Å²) in [6.45, 7) is 4.57. The van der Waals surface area contributed by atoms with Gasteiger partial charge >= 0.3 is 0 Å². The van der Waals surface area contributed by atoms with Gasteiger partial charge < -0.3 is 10.3 Å². The van der Waals surface area contributed by atoms with Crippen molar-refractivity contribution in [2.24, 2.45) is 16.8 Å². The van der Waals surface area contributed by atoms with Crippen molar-refractivity contribution in [1.29, 1.82) is 0 Å². The minimum absolute atomic E-state index is 0. The van der Waals surface area contributed by atoms with Crippen LogP contribution in [0, 0.1) is 11.8 Å². The molecule has 3 heterocycles. The number of carbonyl (C=O) groups is 1. The van der Waals surface area contributed by atoms with E-state index in [4.69, 9.17) is 0 Å². The van der Waals surface area contributed by atoms with Crippen molar-refractivity contribution < 1.29 is 4.79 Å². The first-order valence-electron chi connectivity index (χ1n) is 8.92. The first kappa shape index (κ1) is 21.3. The molecule has 2 aromatic heterocycles. The highest BCUT2D eigenvalue weighted by Crippen LogP contribution is 2.29. The first-order valence-corrected chi connectivity index (χ1v) is 8.92. The minimum atomic E-state index is -0.169. The van der Waals surface area contributed by atoms with E-state index in [1.165, 1.54) is 12.8 Å². The van der Waals surface area contributed by atoms with Gasteiger partial charge in [0.2, 0.25) is 5.96 Å². The lowest BCUT2D eigenvalue weighted by Gasteiger charge is -2.34. The monoisotopic (exact) mass is 409 g/mol. The van der Waals surface area contributed by atoms with Crippen molar-refractivity contribution in [3.05, 3.63) is 35.8 Å². The number of fused-ring (bicyclic) bond motifs is 1. The molecule has 0 bridgehead atoms. The quantitative estimate of drug-likeness (QED) is 0.661. The van der Waals surface area contributed by atoms with Crippen molar-refractivity contribution in [3.8, 4) is 0 Å². The zero-order valence-corrected chi connectivity index (χ0v) is 17.0. The van der Waals surface area contributed by atoms with Crippen molar-refractivity contribution in [1.82, 2.24) is 20.6 Å². The molecule has 27 heavy (non-hydrogen) atoms. The molecule has 3 atom stereocenters.